The predicted octanol–water partition coefficient (Wildman–Crippen LogP) is 3.55. The lowest BCUT2D eigenvalue weighted by Crippen LogP contribution is -2.44. The van der Waals surface area contributed by atoms with Crippen LogP contribution in [-0.2, 0) is 4.79 Å². The fraction of sp³-hybridized carbons (Fsp3) is 0.455. The summed E-state index contributed by atoms with van der Waals surface area (Å²) in [6.45, 7) is 2.93. The third-order valence-corrected chi connectivity index (χ3v) is 7.37. The maximum Gasteiger partial charge on any atom is 0.265 e. The molecule has 0 aliphatic carbocycles. The van der Waals surface area contributed by atoms with E-state index in [4.69, 9.17) is 0 Å². The second-order valence-corrected chi connectivity index (χ2v) is 9.14. The molecule has 2 aliphatic heterocycles. The number of amides is 1. The molecular weight excluding hydrogens is 417 g/mol. The van der Waals surface area contributed by atoms with Crippen LogP contribution in [0.2, 0.25) is 0 Å². The molecule has 0 N–H and O–H groups in total. The van der Waals surface area contributed by atoms with Crippen LogP contribution in [0.1, 0.15) is 45.1 Å². The lowest BCUT2D eigenvalue weighted by Gasteiger charge is -2.36. The molecule has 1 fully saturated rings. The van der Waals surface area contributed by atoms with Gasteiger partial charge in [-0.2, -0.15) is 5.10 Å². The lowest BCUT2D eigenvalue weighted by molar-refractivity contribution is -0.135. The largest absolute Gasteiger partial charge is 0.340 e. The second-order valence-electron chi connectivity index (χ2n) is 8.15. The van der Waals surface area contributed by atoms with Crippen LogP contribution in [0, 0.1) is 5.82 Å². The molecule has 31 heavy (non-hydrogen) atoms. The zero-order valence-corrected chi connectivity index (χ0v) is 18.1. The highest BCUT2D eigenvalue weighted by atomic mass is 32.2. The summed E-state index contributed by atoms with van der Waals surface area (Å²) in [4.78, 5) is 33.0. The van der Waals surface area contributed by atoms with Crippen molar-refractivity contribution >= 4 is 28.7 Å². The number of hydrogen-bond acceptors (Lipinski definition) is 5. The molecule has 1 saturated heterocycles. The highest BCUT2D eigenvalue weighted by Gasteiger charge is 2.33. The number of halogens is 1. The fourth-order valence-corrected chi connectivity index (χ4v) is 5.75. The average Bonchev–Trinajstić information content (AvgIpc) is 3.39. The van der Waals surface area contributed by atoms with Gasteiger partial charge in [-0.3, -0.25) is 14.2 Å². The van der Waals surface area contributed by atoms with E-state index in [1.807, 2.05) is 4.90 Å². The maximum atomic E-state index is 13.3. The Labute approximate surface area is 183 Å². The SMILES string of the molecule is CCC1CCCCN1C(=O)CC1CSc2nc3c(cnn3-c3ccc(F)cc3)c(=O)n21. The van der Waals surface area contributed by atoms with Gasteiger partial charge in [-0.25, -0.2) is 14.1 Å². The highest BCUT2D eigenvalue weighted by molar-refractivity contribution is 7.99. The van der Waals surface area contributed by atoms with Gasteiger partial charge in [0.25, 0.3) is 5.56 Å². The van der Waals surface area contributed by atoms with Crippen LogP contribution >= 0.6 is 11.8 Å². The third-order valence-electron chi connectivity index (χ3n) is 6.27. The van der Waals surface area contributed by atoms with Crippen molar-refractivity contribution in [1.29, 1.82) is 0 Å². The Morgan fingerprint density at radius 3 is 2.81 bits per heavy atom. The number of benzene rings is 1. The van der Waals surface area contributed by atoms with Crippen LogP contribution in [0.5, 0.6) is 0 Å². The number of fused-ring (bicyclic) bond motifs is 2. The van der Waals surface area contributed by atoms with Gasteiger partial charge in [0.15, 0.2) is 10.8 Å². The third kappa shape index (κ3) is 3.54. The molecule has 162 valence electrons. The highest BCUT2D eigenvalue weighted by Crippen LogP contribution is 2.34. The summed E-state index contributed by atoms with van der Waals surface area (Å²) in [7, 11) is 0. The molecule has 0 bridgehead atoms. The Hall–Kier alpha value is -2.68. The first-order valence-electron chi connectivity index (χ1n) is 10.7. The zero-order valence-electron chi connectivity index (χ0n) is 17.3. The van der Waals surface area contributed by atoms with Crippen molar-refractivity contribution < 1.29 is 9.18 Å². The van der Waals surface area contributed by atoms with Crippen LogP contribution in [-0.4, -0.2) is 48.5 Å². The first kappa shape index (κ1) is 20.2. The summed E-state index contributed by atoms with van der Waals surface area (Å²) in [6, 6.07) is 6.01. The van der Waals surface area contributed by atoms with Crippen molar-refractivity contribution in [2.24, 2.45) is 0 Å². The molecule has 2 atom stereocenters. The number of nitrogens with zero attached hydrogens (tertiary/aromatic N) is 5. The van der Waals surface area contributed by atoms with Crippen molar-refractivity contribution in [2.75, 3.05) is 12.3 Å². The van der Waals surface area contributed by atoms with Crippen LogP contribution < -0.4 is 5.56 Å². The number of rotatable bonds is 4. The number of carbonyl (C=O) groups excluding carboxylic acids is 1. The Kier molecular flexibility index (Phi) is 5.29. The Bertz CT molecular complexity index is 1190. The first-order valence-corrected chi connectivity index (χ1v) is 11.7. The van der Waals surface area contributed by atoms with Crippen LogP contribution in [0.4, 0.5) is 4.39 Å². The number of hydrogen-bond donors (Lipinski definition) is 0. The van der Waals surface area contributed by atoms with Gasteiger partial charge >= 0.3 is 0 Å². The fourth-order valence-electron chi connectivity index (χ4n) is 4.62. The number of piperidine rings is 1. The molecule has 3 aromatic rings. The zero-order chi connectivity index (χ0) is 21.5. The summed E-state index contributed by atoms with van der Waals surface area (Å²) in [5.74, 6) is 0.435. The smallest absolute Gasteiger partial charge is 0.265 e. The van der Waals surface area contributed by atoms with Crippen LogP contribution in [0.15, 0.2) is 40.4 Å². The van der Waals surface area contributed by atoms with Gasteiger partial charge in [-0.1, -0.05) is 18.7 Å². The topological polar surface area (TPSA) is 73.0 Å². The number of aromatic nitrogens is 4. The number of carbonyl (C=O) groups is 1. The molecule has 5 rings (SSSR count). The summed E-state index contributed by atoms with van der Waals surface area (Å²) in [5.41, 5.74) is 0.907. The van der Waals surface area contributed by atoms with Crippen molar-refractivity contribution in [3.05, 3.63) is 46.6 Å². The Morgan fingerprint density at radius 2 is 2.03 bits per heavy atom. The number of likely N-dealkylation sites (tertiary alicyclic amines) is 1. The van der Waals surface area contributed by atoms with Crippen molar-refractivity contribution in [3.8, 4) is 5.69 Å². The molecule has 4 heterocycles. The van der Waals surface area contributed by atoms with E-state index in [9.17, 15) is 14.0 Å². The molecule has 7 nitrogen and oxygen atoms in total. The van der Waals surface area contributed by atoms with E-state index in [-0.39, 0.29) is 23.3 Å². The lowest BCUT2D eigenvalue weighted by atomic mass is 9.99. The van der Waals surface area contributed by atoms with Crippen LogP contribution in [0.25, 0.3) is 16.7 Å². The molecule has 0 saturated carbocycles. The van der Waals surface area contributed by atoms with Gasteiger partial charge in [0, 0.05) is 24.8 Å². The van der Waals surface area contributed by atoms with E-state index in [1.54, 1.807) is 21.4 Å². The summed E-state index contributed by atoms with van der Waals surface area (Å²) >= 11 is 1.49. The van der Waals surface area contributed by atoms with Gasteiger partial charge < -0.3 is 4.90 Å². The van der Waals surface area contributed by atoms with Crippen molar-refractivity contribution in [3.63, 3.8) is 0 Å². The minimum absolute atomic E-state index is 0.124. The van der Waals surface area contributed by atoms with Crippen molar-refractivity contribution in [2.45, 2.75) is 56.3 Å². The molecule has 9 heteroatoms. The van der Waals surface area contributed by atoms with E-state index in [0.717, 1.165) is 25.8 Å². The first-order chi connectivity index (χ1) is 15.1. The van der Waals surface area contributed by atoms with Gasteiger partial charge in [0.1, 0.15) is 11.2 Å². The van der Waals surface area contributed by atoms with Crippen LogP contribution in [0.3, 0.4) is 0 Å². The maximum absolute atomic E-state index is 13.3. The van der Waals surface area contributed by atoms with E-state index in [1.165, 1.54) is 36.5 Å². The van der Waals surface area contributed by atoms with Gasteiger partial charge in [-0.05, 0) is 49.9 Å². The van der Waals surface area contributed by atoms with E-state index < -0.39 is 0 Å². The molecule has 2 aliphatic rings. The molecular formula is C22H24FN5O2S. The van der Waals surface area contributed by atoms with E-state index in [2.05, 4.69) is 17.0 Å². The van der Waals surface area contributed by atoms with E-state index in [0.29, 0.717) is 40.1 Å². The molecule has 1 amide bonds. The molecule has 2 unspecified atom stereocenters. The average molecular weight is 442 g/mol. The van der Waals surface area contributed by atoms with E-state index >= 15 is 0 Å². The van der Waals surface area contributed by atoms with Gasteiger partial charge in [-0.15, -0.1) is 0 Å². The molecule has 1 aromatic carbocycles. The Morgan fingerprint density at radius 1 is 1.23 bits per heavy atom. The minimum atomic E-state index is -0.337. The number of thioether (sulfide) groups is 1. The molecule has 0 radical (unpaired) electrons. The normalized spacial score (nSPS) is 20.9. The van der Waals surface area contributed by atoms with Gasteiger partial charge in [0.05, 0.1) is 17.9 Å². The summed E-state index contributed by atoms with van der Waals surface area (Å²) in [5, 5.41) is 5.31. The van der Waals surface area contributed by atoms with Gasteiger partial charge in [0.2, 0.25) is 5.91 Å². The summed E-state index contributed by atoms with van der Waals surface area (Å²) in [6.07, 6.45) is 6.05. The minimum Gasteiger partial charge on any atom is -0.340 e. The Balaban J connectivity index is 1.46. The monoisotopic (exact) mass is 441 g/mol. The standard InChI is InChI=1S/C22H24FN5O2S/c1-2-15-5-3-4-10-26(15)19(29)11-17-13-31-22-25-20-18(21(30)27(17)22)12-24-28(20)16-8-6-14(23)7-9-16/h6-9,12,15,17H,2-5,10-11,13H2,1H3. The van der Waals surface area contributed by atoms with Crippen molar-refractivity contribution in [1.82, 2.24) is 24.2 Å². The molecule has 2 aromatic heterocycles. The summed E-state index contributed by atoms with van der Waals surface area (Å²) < 4.78 is 16.5. The molecule has 0 spiro atoms. The predicted molar refractivity (Wildman–Crippen MR) is 117 cm³/mol. The quantitative estimate of drug-likeness (QED) is 0.579. The second kappa shape index (κ2) is 8.11.